The molecule has 7 nitrogen and oxygen atoms in total. The molecule has 7 heteroatoms. The van der Waals surface area contributed by atoms with Gasteiger partial charge in [0.05, 0.1) is 0 Å². The number of carbonyl (C=O) groups excluding carboxylic acids is 2. The third-order valence-corrected chi connectivity index (χ3v) is 4.07. The molecule has 126 valence electrons. The Kier molecular flexibility index (Phi) is 4.88. The number of aryl methyl sites for hydroxylation is 1. The molecule has 1 atom stereocenters. The molecule has 3 heterocycles. The van der Waals surface area contributed by atoms with E-state index in [0.717, 1.165) is 12.1 Å². The molecule has 1 saturated heterocycles. The summed E-state index contributed by atoms with van der Waals surface area (Å²) in [5, 5.41) is 6.65. The maximum atomic E-state index is 12.5. The quantitative estimate of drug-likeness (QED) is 0.895. The van der Waals surface area contributed by atoms with Crippen LogP contribution in [0.25, 0.3) is 0 Å². The number of nitrogens with one attached hydrogen (secondary N) is 1. The zero-order valence-corrected chi connectivity index (χ0v) is 13.6. The first-order valence-corrected chi connectivity index (χ1v) is 8.07. The van der Waals surface area contributed by atoms with Gasteiger partial charge in [0.2, 0.25) is 5.91 Å². The molecule has 2 aromatic heterocycles. The van der Waals surface area contributed by atoms with E-state index >= 15 is 0 Å². The minimum absolute atomic E-state index is 0.128. The first-order valence-electron chi connectivity index (χ1n) is 8.07. The van der Waals surface area contributed by atoms with E-state index in [1.54, 1.807) is 24.1 Å². The van der Waals surface area contributed by atoms with Gasteiger partial charge in [0, 0.05) is 37.5 Å². The summed E-state index contributed by atoms with van der Waals surface area (Å²) in [5.41, 5.74) is 1.18. The fourth-order valence-corrected chi connectivity index (χ4v) is 2.87. The van der Waals surface area contributed by atoms with Crippen molar-refractivity contribution in [2.24, 2.45) is 0 Å². The van der Waals surface area contributed by atoms with Gasteiger partial charge in [-0.3, -0.25) is 14.6 Å². The molecule has 3 rings (SSSR count). The Balaban J connectivity index is 1.56. The number of hydrogen-bond donors (Lipinski definition) is 1. The summed E-state index contributed by atoms with van der Waals surface area (Å²) in [7, 11) is 0. The van der Waals surface area contributed by atoms with E-state index in [4.69, 9.17) is 4.52 Å². The second-order valence-corrected chi connectivity index (χ2v) is 5.84. The Morgan fingerprint density at radius 1 is 1.42 bits per heavy atom. The van der Waals surface area contributed by atoms with E-state index < -0.39 is 6.04 Å². The Morgan fingerprint density at radius 3 is 3.00 bits per heavy atom. The van der Waals surface area contributed by atoms with Crippen molar-refractivity contribution in [1.29, 1.82) is 0 Å². The molecule has 0 aliphatic carbocycles. The number of amides is 2. The summed E-state index contributed by atoms with van der Waals surface area (Å²) in [5.74, 6) is 0.195. The summed E-state index contributed by atoms with van der Waals surface area (Å²) in [6, 6.07) is 6.84. The van der Waals surface area contributed by atoms with E-state index in [2.05, 4.69) is 15.5 Å². The molecule has 1 aliphatic heterocycles. The molecule has 0 bridgehead atoms. The Hall–Kier alpha value is -2.70. The number of rotatable bonds is 5. The van der Waals surface area contributed by atoms with Gasteiger partial charge in [0.25, 0.3) is 5.91 Å². The van der Waals surface area contributed by atoms with Crippen LogP contribution in [0.2, 0.25) is 0 Å². The Labute approximate surface area is 140 Å². The molecular formula is C17H20N4O3. The standard InChI is InChI=1S/C17H20N4O3/c1-12-11-14(20-24-12)17(23)21-10-4-6-15(21)16(22)19-9-7-13-5-2-3-8-18-13/h2-3,5,8,11,15H,4,6-7,9-10H2,1H3,(H,19,22)/t15-/m1/s1. The monoisotopic (exact) mass is 328 g/mol. The number of pyridine rings is 1. The predicted molar refractivity (Wildman–Crippen MR) is 86.2 cm³/mol. The van der Waals surface area contributed by atoms with Crippen molar-refractivity contribution in [3.63, 3.8) is 0 Å². The lowest BCUT2D eigenvalue weighted by atomic mass is 10.2. The molecule has 2 amide bonds. The molecule has 0 spiro atoms. The maximum absolute atomic E-state index is 12.5. The van der Waals surface area contributed by atoms with E-state index in [-0.39, 0.29) is 17.5 Å². The zero-order chi connectivity index (χ0) is 16.9. The molecule has 0 saturated carbocycles. The van der Waals surface area contributed by atoms with Crippen LogP contribution in [0.4, 0.5) is 0 Å². The van der Waals surface area contributed by atoms with Crippen molar-refractivity contribution in [2.75, 3.05) is 13.1 Å². The summed E-state index contributed by atoms with van der Waals surface area (Å²) in [6.07, 6.45) is 3.86. The van der Waals surface area contributed by atoms with Crippen LogP contribution >= 0.6 is 0 Å². The van der Waals surface area contributed by atoms with Crippen molar-refractivity contribution in [3.05, 3.63) is 47.6 Å². The van der Waals surface area contributed by atoms with Gasteiger partial charge in [0.1, 0.15) is 11.8 Å². The molecule has 0 radical (unpaired) electrons. The summed E-state index contributed by atoms with van der Waals surface area (Å²) in [4.78, 5) is 30.7. The first kappa shape index (κ1) is 16.2. The van der Waals surface area contributed by atoms with Gasteiger partial charge >= 0.3 is 0 Å². The normalized spacial score (nSPS) is 17.0. The first-order chi connectivity index (χ1) is 11.6. The van der Waals surface area contributed by atoms with Gasteiger partial charge < -0.3 is 14.7 Å². The zero-order valence-electron chi connectivity index (χ0n) is 13.6. The third kappa shape index (κ3) is 3.61. The Morgan fingerprint density at radius 2 is 2.29 bits per heavy atom. The maximum Gasteiger partial charge on any atom is 0.276 e. The minimum Gasteiger partial charge on any atom is -0.361 e. The van der Waals surface area contributed by atoms with Gasteiger partial charge in [-0.05, 0) is 31.9 Å². The van der Waals surface area contributed by atoms with Gasteiger partial charge in [-0.25, -0.2) is 0 Å². The van der Waals surface area contributed by atoms with Crippen molar-refractivity contribution in [2.45, 2.75) is 32.2 Å². The van der Waals surface area contributed by atoms with Crippen molar-refractivity contribution in [1.82, 2.24) is 20.4 Å². The summed E-state index contributed by atoms with van der Waals surface area (Å²) < 4.78 is 4.95. The largest absolute Gasteiger partial charge is 0.361 e. The molecule has 1 N–H and O–H groups in total. The average molecular weight is 328 g/mol. The summed E-state index contributed by atoms with van der Waals surface area (Å²) in [6.45, 7) is 2.79. The van der Waals surface area contributed by atoms with Crippen molar-refractivity contribution in [3.8, 4) is 0 Å². The minimum atomic E-state index is -0.446. The van der Waals surface area contributed by atoms with Crippen LogP contribution in [0.3, 0.4) is 0 Å². The molecule has 24 heavy (non-hydrogen) atoms. The molecule has 2 aromatic rings. The topological polar surface area (TPSA) is 88.3 Å². The van der Waals surface area contributed by atoms with Crippen molar-refractivity contribution >= 4 is 11.8 Å². The number of hydrogen-bond acceptors (Lipinski definition) is 5. The van der Waals surface area contributed by atoms with E-state index in [9.17, 15) is 9.59 Å². The van der Waals surface area contributed by atoms with Crippen LogP contribution in [0.15, 0.2) is 35.0 Å². The fraction of sp³-hybridized carbons (Fsp3) is 0.412. The van der Waals surface area contributed by atoms with Crippen LogP contribution in [-0.4, -0.2) is 46.0 Å². The predicted octanol–water partition coefficient (Wildman–Crippen LogP) is 1.34. The smallest absolute Gasteiger partial charge is 0.276 e. The fourth-order valence-electron chi connectivity index (χ4n) is 2.87. The SMILES string of the molecule is Cc1cc(C(=O)N2CCC[C@@H]2C(=O)NCCc2ccccn2)no1. The van der Waals surface area contributed by atoms with Crippen LogP contribution in [0.5, 0.6) is 0 Å². The van der Waals surface area contributed by atoms with Crippen LogP contribution in [-0.2, 0) is 11.2 Å². The number of nitrogens with zero attached hydrogens (tertiary/aromatic N) is 3. The number of likely N-dealkylation sites (tertiary alicyclic amines) is 1. The lowest BCUT2D eigenvalue weighted by Crippen LogP contribution is -2.46. The van der Waals surface area contributed by atoms with Gasteiger partial charge in [-0.1, -0.05) is 11.2 Å². The van der Waals surface area contributed by atoms with E-state index in [1.165, 1.54) is 0 Å². The molecule has 0 unspecified atom stereocenters. The highest BCUT2D eigenvalue weighted by atomic mass is 16.5. The molecule has 0 aromatic carbocycles. The lowest BCUT2D eigenvalue weighted by Gasteiger charge is -2.22. The second-order valence-electron chi connectivity index (χ2n) is 5.84. The van der Waals surface area contributed by atoms with Gasteiger partial charge in [-0.2, -0.15) is 0 Å². The average Bonchev–Trinajstić information content (AvgIpc) is 3.24. The third-order valence-electron chi connectivity index (χ3n) is 4.07. The second kappa shape index (κ2) is 7.25. The number of carbonyl (C=O) groups is 2. The van der Waals surface area contributed by atoms with E-state index in [0.29, 0.717) is 31.7 Å². The molecule has 1 aliphatic rings. The highest BCUT2D eigenvalue weighted by Crippen LogP contribution is 2.20. The van der Waals surface area contributed by atoms with E-state index in [1.807, 2.05) is 18.2 Å². The van der Waals surface area contributed by atoms with Crippen LogP contribution in [0.1, 0.15) is 34.8 Å². The van der Waals surface area contributed by atoms with Crippen LogP contribution < -0.4 is 5.32 Å². The summed E-state index contributed by atoms with van der Waals surface area (Å²) >= 11 is 0. The highest BCUT2D eigenvalue weighted by molar-refractivity contribution is 5.96. The Bertz CT molecular complexity index is 714. The van der Waals surface area contributed by atoms with Crippen molar-refractivity contribution < 1.29 is 14.1 Å². The van der Waals surface area contributed by atoms with Gasteiger partial charge in [-0.15, -0.1) is 0 Å². The van der Waals surface area contributed by atoms with Gasteiger partial charge in [0.15, 0.2) is 5.69 Å². The number of aromatic nitrogens is 2. The highest BCUT2D eigenvalue weighted by Gasteiger charge is 2.35. The molecular weight excluding hydrogens is 308 g/mol. The van der Waals surface area contributed by atoms with Crippen LogP contribution in [0, 0.1) is 6.92 Å². The lowest BCUT2D eigenvalue weighted by molar-refractivity contribution is -0.124. The molecule has 1 fully saturated rings.